The normalized spacial score (nSPS) is 45.9. The molecule has 0 atom stereocenters. The third-order valence-electron chi connectivity index (χ3n) is 3.86. The molecule has 0 radical (unpaired) electrons. The fourth-order valence-electron chi connectivity index (χ4n) is 1.88. The van der Waals surface area contributed by atoms with Crippen molar-refractivity contribution in [2.24, 2.45) is 5.89 Å². The third-order valence-corrected chi connectivity index (χ3v) is 3.86. The first-order chi connectivity index (χ1) is 16.1. The van der Waals surface area contributed by atoms with E-state index in [-0.39, 0.29) is 4.90 Å². The van der Waals surface area contributed by atoms with Crippen molar-refractivity contribution in [3.63, 3.8) is 0 Å². The van der Waals surface area contributed by atoms with Gasteiger partial charge in [0.15, 0.2) is 0 Å². The largest absolute Gasteiger partial charge is 0.514 e. The van der Waals surface area contributed by atoms with E-state index in [0.717, 1.165) is 0 Å². The van der Waals surface area contributed by atoms with Crippen molar-refractivity contribution in [1.82, 2.24) is 4.98 Å². The average Bonchev–Trinajstić information content (AvgIpc) is 2.91. The van der Waals surface area contributed by atoms with Crippen LogP contribution in [-0.2, 0) is 9.31 Å². The minimum absolute atomic E-state index is 0.187. The first-order valence-electron chi connectivity index (χ1n) is 14.3. The fourth-order valence-corrected chi connectivity index (χ4v) is 1.88. The summed E-state index contributed by atoms with van der Waals surface area (Å²) in [5, 5.41) is 0. The predicted molar refractivity (Wildman–Crippen MR) is 90.6 cm³/mol. The molecular weight excluding hydrogens is 275 g/mol. The number of pyridine rings is 1. The topological polar surface area (TPSA) is 34.6 Å². The summed E-state index contributed by atoms with van der Waals surface area (Å²) in [5.41, 5.74) is -2.38. The van der Waals surface area contributed by atoms with Gasteiger partial charge in [0.2, 0.25) is 0 Å². The standard InChI is InChI=1S/C17H27BN2O2/c1-13-9-11-20(12-10-13)15-8-6-7-14(19-15)18-21-16(2,3)17(4,5)22-18/h6-8,13H,9-12H2,1-5H3/i1D3,6D,7D,8D,9D2,10D2,11D2,12D2,13D. The second kappa shape index (κ2) is 5.53. The number of aromatic nitrogens is 1. The molecule has 5 heteroatoms. The Bertz CT molecular complexity index is 1080. The zero-order chi connectivity index (χ0) is 29.2. The van der Waals surface area contributed by atoms with Crippen molar-refractivity contribution in [3.8, 4) is 0 Å². The van der Waals surface area contributed by atoms with E-state index < -0.39 is 86.3 Å². The molecule has 1 aromatic heterocycles. The molecule has 0 N–H and O–H groups in total. The third kappa shape index (κ3) is 2.89. The van der Waals surface area contributed by atoms with Crippen LogP contribution in [0, 0.1) is 5.89 Å². The summed E-state index contributed by atoms with van der Waals surface area (Å²) in [4.78, 5) is 3.78. The van der Waals surface area contributed by atoms with Gasteiger partial charge >= 0.3 is 7.12 Å². The predicted octanol–water partition coefficient (Wildman–Crippen LogP) is 2.62. The Morgan fingerprint density at radius 1 is 1.32 bits per heavy atom. The highest BCUT2D eigenvalue weighted by Gasteiger charge is 2.52. The molecule has 2 saturated heterocycles. The number of piperidine rings is 1. The van der Waals surface area contributed by atoms with E-state index >= 15 is 0 Å². The molecule has 22 heavy (non-hydrogen) atoms. The van der Waals surface area contributed by atoms with Gasteiger partial charge in [-0.05, 0) is 58.4 Å². The van der Waals surface area contributed by atoms with Crippen molar-refractivity contribution < 1.29 is 29.9 Å². The Kier molecular flexibility index (Phi) is 1.45. The summed E-state index contributed by atoms with van der Waals surface area (Å²) >= 11 is 0. The summed E-state index contributed by atoms with van der Waals surface area (Å²) < 4.78 is 135. The van der Waals surface area contributed by atoms with Gasteiger partial charge < -0.3 is 14.2 Å². The molecule has 2 fully saturated rings. The fraction of sp³-hybridized carbons (Fsp3) is 0.706. The van der Waals surface area contributed by atoms with Crippen molar-refractivity contribution >= 4 is 18.5 Å². The first kappa shape index (κ1) is 5.78. The minimum Gasteiger partial charge on any atom is -0.398 e. The second-order valence-electron chi connectivity index (χ2n) is 5.97. The summed E-state index contributed by atoms with van der Waals surface area (Å²) in [5.74, 6) is -5.03. The summed E-state index contributed by atoms with van der Waals surface area (Å²) in [6.07, 6.45) is -7.83. The lowest BCUT2D eigenvalue weighted by Gasteiger charge is -2.32. The van der Waals surface area contributed by atoms with E-state index in [1.165, 1.54) is 0 Å². The number of rotatable bonds is 2. The smallest absolute Gasteiger partial charge is 0.398 e. The van der Waals surface area contributed by atoms with Gasteiger partial charge in [0.05, 0.1) is 20.9 Å². The molecule has 0 amide bonds. The van der Waals surface area contributed by atoms with E-state index in [1.54, 1.807) is 27.7 Å². The summed E-state index contributed by atoms with van der Waals surface area (Å²) in [7, 11) is -1.44. The lowest BCUT2D eigenvalue weighted by molar-refractivity contribution is 0.00578. The molecule has 2 aliphatic heterocycles. The highest BCUT2D eigenvalue weighted by Crippen LogP contribution is 2.36. The maximum Gasteiger partial charge on any atom is 0.514 e. The molecule has 0 spiro atoms. The number of hydrogen-bond acceptors (Lipinski definition) is 4. The van der Waals surface area contributed by atoms with Gasteiger partial charge in [0.25, 0.3) is 0 Å². The van der Waals surface area contributed by atoms with Crippen molar-refractivity contribution in [2.75, 3.05) is 17.9 Å². The highest BCUT2D eigenvalue weighted by molar-refractivity contribution is 6.61. The van der Waals surface area contributed by atoms with Crippen molar-refractivity contribution in [3.05, 3.63) is 18.1 Å². The molecule has 2 aliphatic rings. The Morgan fingerprint density at radius 2 is 1.95 bits per heavy atom. The van der Waals surface area contributed by atoms with Crippen LogP contribution in [0.4, 0.5) is 5.82 Å². The van der Waals surface area contributed by atoms with Crippen LogP contribution >= 0.6 is 0 Å². The zero-order valence-electron chi connectivity index (χ0n) is 27.8. The van der Waals surface area contributed by atoms with Crippen LogP contribution in [0.3, 0.4) is 0 Å². The molecule has 0 aromatic carbocycles. The number of nitrogens with zero attached hydrogens (tertiary/aromatic N) is 2. The monoisotopic (exact) mass is 317 g/mol. The van der Waals surface area contributed by atoms with Crippen LogP contribution in [0.5, 0.6) is 0 Å². The van der Waals surface area contributed by atoms with Crippen molar-refractivity contribution in [1.29, 1.82) is 0 Å². The van der Waals surface area contributed by atoms with Gasteiger partial charge in [-0.25, -0.2) is 4.98 Å². The van der Waals surface area contributed by atoms with E-state index in [1.807, 2.05) is 0 Å². The van der Waals surface area contributed by atoms with Crippen molar-refractivity contribution in [2.45, 2.75) is 58.5 Å². The van der Waals surface area contributed by atoms with E-state index in [4.69, 9.17) is 29.9 Å². The average molecular weight is 317 g/mol. The van der Waals surface area contributed by atoms with Crippen LogP contribution < -0.4 is 10.5 Å². The molecule has 0 unspecified atom stereocenters. The molecule has 1 aromatic rings. The van der Waals surface area contributed by atoms with Gasteiger partial charge in [0.1, 0.15) is 5.82 Å². The molecule has 0 aliphatic carbocycles. The summed E-state index contributed by atoms with van der Waals surface area (Å²) in [6.45, 7) is -4.72. The van der Waals surface area contributed by atoms with Gasteiger partial charge in [-0.1, -0.05) is 12.9 Å². The van der Waals surface area contributed by atoms with Gasteiger partial charge in [0, 0.05) is 29.4 Å². The number of anilines is 1. The maximum atomic E-state index is 8.47. The highest BCUT2D eigenvalue weighted by atomic mass is 16.7. The van der Waals surface area contributed by atoms with Gasteiger partial charge in [-0.15, -0.1) is 0 Å². The molecule has 0 saturated carbocycles. The molecule has 3 heterocycles. The van der Waals surface area contributed by atoms with Crippen LogP contribution in [0.1, 0.15) is 67.9 Å². The zero-order valence-corrected chi connectivity index (χ0v) is 12.8. The Balaban J connectivity index is 2.36. The maximum absolute atomic E-state index is 8.47. The van der Waals surface area contributed by atoms with Crippen LogP contribution in [-0.4, -0.2) is 36.3 Å². The lowest BCUT2D eigenvalue weighted by atomic mass is 9.84. The SMILES string of the molecule is [2H]c1c(B2OC(C)(C)C(C)(C)O2)nc(N2C([2H])([2H])C([2H])([2H])C([2H])(C([2H])([2H])[2H])C([2H])([2H])C2([2H])[2H])c([2H])c1[2H]. The quantitative estimate of drug-likeness (QED) is 0.786. The van der Waals surface area contributed by atoms with E-state index in [0.29, 0.717) is 0 Å². The molecular formula is C17H27BN2O2. The van der Waals surface area contributed by atoms with Crippen LogP contribution in [0.25, 0.3) is 0 Å². The molecule has 4 nitrogen and oxygen atoms in total. The van der Waals surface area contributed by atoms with E-state index in [2.05, 4.69) is 4.98 Å². The van der Waals surface area contributed by atoms with Crippen LogP contribution in [0.2, 0.25) is 0 Å². The minimum atomic E-state index is -3.95. The second-order valence-corrected chi connectivity index (χ2v) is 5.97. The molecule has 3 rings (SSSR count). The Hall–Kier alpha value is -1.07. The first-order valence-corrected chi connectivity index (χ1v) is 6.79. The Morgan fingerprint density at radius 3 is 2.55 bits per heavy atom. The summed E-state index contributed by atoms with van der Waals surface area (Å²) in [6, 6.07) is -2.61. The van der Waals surface area contributed by atoms with E-state index in [9.17, 15) is 0 Å². The van der Waals surface area contributed by atoms with Crippen LogP contribution in [0.15, 0.2) is 18.1 Å². The Labute approximate surface area is 155 Å². The van der Waals surface area contributed by atoms with Gasteiger partial charge in [-0.2, -0.15) is 0 Å². The lowest BCUT2D eigenvalue weighted by Crippen LogP contribution is -2.41. The molecule has 120 valence electrons. The molecule has 0 bridgehead atoms. The number of hydrogen-bond donors (Lipinski definition) is 0. The van der Waals surface area contributed by atoms with Gasteiger partial charge in [-0.3, -0.25) is 0 Å².